The SMILES string of the molecule is CN1CCOCC1[C@@](C)(OC(N)=O)C1(c2ccc(F)c(C(F)(F)F)c2)CC1. The molecule has 2 fully saturated rings. The average molecular weight is 390 g/mol. The molecule has 1 aliphatic heterocycles. The lowest BCUT2D eigenvalue weighted by Crippen LogP contribution is -2.63. The number of ether oxygens (including phenoxy) is 2. The molecular weight excluding hydrogens is 368 g/mol. The van der Waals surface area contributed by atoms with Crippen LogP contribution in [-0.4, -0.2) is 49.4 Å². The normalized spacial score (nSPS) is 24.9. The van der Waals surface area contributed by atoms with E-state index in [-0.39, 0.29) is 12.2 Å². The number of primary amides is 1. The maximum Gasteiger partial charge on any atom is 0.419 e. The van der Waals surface area contributed by atoms with E-state index >= 15 is 0 Å². The minimum atomic E-state index is -4.82. The smallest absolute Gasteiger partial charge is 0.419 e. The van der Waals surface area contributed by atoms with Crippen LogP contribution in [0, 0.1) is 5.82 Å². The fraction of sp³-hybridized carbons (Fsp3) is 0.611. The van der Waals surface area contributed by atoms with Crippen LogP contribution in [0.4, 0.5) is 22.4 Å². The molecule has 3 rings (SSSR count). The summed E-state index contributed by atoms with van der Waals surface area (Å²) in [5.41, 5.74) is 2.12. The van der Waals surface area contributed by atoms with Crippen LogP contribution in [-0.2, 0) is 21.1 Å². The average Bonchev–Trinajstić information content (AvgIpc) is 3.36. The monoisotopic (exact) mass is 390 g/mol. The first-order chi connectivity index (χ1) is 12.5. The summed E-state index contributed by atoms with van der Waals surface area (Å²) >= 11 is 0. The summed E-state index contributed by atoms with van der Waals surface area (Å²) in [6.07, 6.45) is -4.85. The number of likely N-dealkylation sites (N-methyl/N-ethyl adjacent to an activating group) is 1. The summed E-state index contributed by atoms with van der Waals surface area (Å²) in [6.45, 7) is 2.99. The van der Waals surface area contributed by atoms with Gasteiger partial charge in [0.25, 0.3) is 0 Å². The van der Waals surface area contributed by atoms with Gasteiger partial charge in [-0.15, -0.1) is 0 Å². The van der Waals surface area contributed by atoms with Crippen LogP contribution in [0.1, 0.15) is 30.9 Å². The molecule has 0 bridgehead atoms. The second-order valence-corrected chi connectivity index (χ2v) is 7.37. The van der Waals surface area contributed by atoms with Gasteiger partial charge in [-0.1, -0.05) is 6.07 Å². The van der Waals surface area contributed by atoms with E-state index in [0.717, 1.165) is 12.1 Å². The first-order valence-corrected chi connectivity index (χ1v) is 8.65. The van der Waals surface area contributed by atoms with Gasteiger partial charge in [-0.25, -0.2) is 9.18 Å². The van der Waals surface area contributed by atoms with Gasteiger partial charge >= 0.3 is 12.3 Å². The van der Waals surface area contributed by atoms with Gasteiger partial charge in [0.15, 0.2) is 0 Å². The summed E-state index contributed by atoms with van der Waals surface area (Å²) in [5, 5.41) is 0. The van der Waals surface area contributed by atoms with Crippen molar-refractivity contribution in [3.05, 3.63) is 35.1 Å². The minimum absolute atomic E-state index is 0.245. The predicted octanol–water partition coefficient (Wildman–Crippen LogP) is 3.06. The van der Waals surface area contributed by atoms with E-state index in [0.29, 0.717) is 26.0 Å². The number of halogens is 4. The van der Waals surface area contributed by atoms with Crippen LogP contribution in [0.3, 0.4) is 0 Å². The Morgan fingerprint density at radius 2 is 2.04 bits per heavy atom. The zero-order valence-electron chi connectivity index (χ0n) is 15.1. The third kappa shape index (κ3) is 3.38. The molecule has 1 amide bonds. The highest BCUT2D eigenvalue weighted by Crippen LogP contribution is 2.59. The van der Waals surface area contributed by atoms with E-state index in [1.165, 1.54) is 6.07 Å². The Bertz CT molecular complexity index is 736. The molecule has 150 valence electrons. The molecule has 1 heterocycles. The van der Waals surface area contributed by atoms with Crippen LogP contribution >= 0.6 is 0 Å². The molecule has 0 radical (unpaired) electrons. The zero-order valence-corrected chi connectivity index (χ0v) is 15.1. The highest BCUT2D eigenvalue weighted by atomic mass is 19.4. The Morgan fingerprint density at radius 1 is 1.37 bits per heavy atom. The summed E-state index contributed by atoms with van der Waals surface area (Å²) in [7, 11) is 1.83. The number of amides is 1. The Hall–Kier alpha value is -1.87. The van der Waals surface area contributed by atoms with Gasteiger partial charge in [0.2, 0.25) is 0 Å². The fourth-order valence-corrected chi connectivity index (χ4v) is 4.20. The molecule has 1 aromatic carbocycles. The quantitative estimate of drug-likeness (QED) is 0.803. The van der Waals surface area contributed by atoms with Crippen LogP contribution in [0.5, 0.6) is 0 Å². The molecule has 2 aliphatic rings. The van der Waals surface area contributed by atoms with Gasteiger partial charge in [0.05, 0.1) is 24.8 Å². The number of hydrogen-bond acceptors (Lipinski definition) is 4. The van der Waals surface area contributed by atoms with Gasteiger partial charge in [0.1, 0.15) is 11.4 Å². The summed E-state index contributed by atoms with van der Waals surface area (Å²) in [5.74, 6) is -1.34. The molecule has 2 N–H and O–H groups in total. The van der Waals surface area contributed by atoms with Crippen molar-refractivity contribution in [2.24, 2.45) is 5.73 Å². The van der Waals surface area contributed by atoms with E-state index < -0.39 is 40.7 Å². The topological polar surface area (TPSA) is 64.8 Å². The molecule has 0 spiro atoms. The number of morpholine rings is 1. The number of benzene rings is 1. The first kappa shape index (κ1) is 19.9. The van der Waals surface area contributed by atoms with Crippen molar-refractivity contribution in [3.8, 4) is 0 Å². The second-order valence-electron chi connectivity index (χ2n) is 7.37. The molecule has 9 heteroatoms. The molecule has 1 unspecified atom stereocenters. The van der Waals surface area contributed by atoms with Crippen molar-refractivity contribution in [2.45, 2.75) is 43.0 Å². The number of carbonyl (C=O) groups excluding carboxylic acids is 1. The van der Waals surface area contributed by atoms with E-state index in [9.17, 15) is 22.4 Å². The van der Waals surface area contributed by atoms with Crippen molar-refractivity contribution >= 4 is 6.09 Å². The Balaban J connectivity index is 2.08. The highest BCUT2D eigenvalue weighted by molar-refractivity contribution is 5.66. The van der Waals surface area contributed by atoms with Crippen molar-refractivity contribution in [3.63, 3.8) is 0 Å². The van der Waals surface area contributed by atoms with Gasteiger partial charge < -0.3 is 15.2 Å². The maximum absolute atomic E-state index is 13.7. The van der Waals surface area contributed by atoms with Gasteiger partial charge in [-0.3, -0.25) is 4.90 Å². The van der Waals surface area contributed by atoms with E-state index in [1.807, 2.05) is 11.9 Å². The van der Waals surface area contributed by atoms with E-state index in [1.54, 1.807) is 6.92 Å². The van der Waals surface area contributed by atoms with Crippen molar-refractivity contribution < 1.29 is 31.8 Å². The molecule has 5 nitrogen and oxygen atoms in total. The number of hydrogen-bond donors (Lipinski definition) is 1. The highest BCUT2D eigenvalue weighted by Gasteiger charge is 2.64. The standard InChI is InChI=1S/C18H22F4N2O3/c1-16(27-15(23)25,14-10-26-8-7-24(14)2)17(5-6-17)11-3-4-13(19)12(9-11)18(20,21)22/h3-4,9,14H,5-8,10H2,1-2H3,(H2,23,25)/t14?,16-/m1/s1. The van der Waals surface area contributed by atoms with E-state index in [2.05, 4.69) is 0 Å². The summed E-state index contributed by atoms with van der Waals surface area (Å²) < 4.78 is 64.4. The number of nitrogens with zero attached hydrogens (tertiary/aromatic N) is 1. The Labute approximate surface area is 154 Å². The van der Waals surface area contributed by atoms with Crippen LogP contribution in [0.2, 0.25) is 0 Å². The lowest BCUT2D eigenvalue weighted by Gasteiger charge is -2.48. The van der Waals surface area contributed by atoms with Gasteiger partial charge in [-0.2, -0.15) is 13.2 Å². The summed E-state index contributed by atoms with van der Waals surface area (Å²) in [6, 6.07) is 2.54. The summed E-state index contributed by atoms with van der Waals surface area (Å²) in [4.78, 5) is 13.6. The van der Waals surface area contributed by atoms with Gasteiger partial charge in [-0.05, 0) is 44.5 Å². The molecule has 27 heavy (non-hydrogen) atoms. The number of carbonyl (C=O) groups is 1. The third-order valence-electron chi connectivity index (χ3n) is 5.87. The molecule has 1 saturated carbocycles. The van der Waals surface area contributed by atoms with Crippen LogP contribution in [0.15, 0.2) is 18.2 Å². The molecule has 1 saturated heterocycles. The Kier molecular flexibility index (Phi) is 4.88. The third-order valence-corrected chi connectivity index (χ3v) is 5.87. The fourth-order valence-electron chi connectivity index (χ4n) is 4.20. The van der Waals surface area contributed by atoms with Gasteiger partial charge in [0, 0.05) is 12.0 Å². The van der Waals surface area contributed by atoms with Crippen molar-refractivity contribution in [1.82, 2.24) is 4.90 Å². The second kappa shape index (κ2) is 6.63. The molecular formula is C18H22F4N2O3. The van der Waals surface area contributed by atoms with Crippen molar-refractivity contribution in [2.75, 3.05) is 26.8 Å². The van der Waals surface area contributed by atoms with E-state index in [4.69, 9.17) is 15.2 Å². The lowest BCUT2D eigenvalue weighted by atomic mass is 9.74. The zero-order chi connectivity index (χ0) is 20.0. The maximum atomic E-state index is 13.7. The predicted molar refractivity (Wildman–Crippen MR) is 88.6 cm³/mol. The number of rotatable bonds is 4. The number of nitrogens with two attached hydrogens (primary N) is 1. The molecule has 2 atom stereocenters. The van der Waals surface area contributed by atoms with Crippen LogP contribution < -0.4 is 5.73 Å². The van der Waals surface area contributed by atoms with Crippen molar-refractivity contribution in [1.29, 1.82) is 0 Å². The van der Waals surface area contributed by atoms with Crippen LogP contribution in [0.25, 0.3) is 0 Å². The lowest BCUT2D eigenvalue weighted by molar-refractivity contribution is -0.140. The molecule has 0 aromatic heterocycles. The first-order valence-electron chi connectivity index (χ1n) is 8.65. The largest absolute Gasteiger partial charge is 0.441 e. The molecule has 1 aliphatic carbocycles. The molecule has 1 aromatic rings. The Morgan fingerprint density at radius 3 is 2.56 bits per heavy atom. The number of alkyl halides is 3. The minimum Gasteiger partial charge on any atom is -0.441 e.